The maximum atomic E-state index is 5.59. The Morgan fingerprint density at radius 1 is 0.882 bits per heavy atom. The van der Waals surface area contributed by atoms with Gasteiger partial charge in [0.2, 0.25) is 0 Å². The molecule has 0 unspecified atom stereocenters. The van der Waals surface area contributed by atoms with Crippen molar-refractivity contribution in [2.24, 2.45) is 11.5 Å². The van der Waals surface area contributed by atoms with Crippen molar-refractivity contribution in [1.29, 1.82) is 0 Å². The molecule has 104 valence electrons. The van der Waals surface area contributed by atoms with Crippen molar-refractivity contribution >= 4 is 17.2 Å². The third-order valence-corrected chi connectivity index (χ3v) is 12.4. The van der Waals surface area contributed by atoms with E-state index in [2.05, 4.69) is 30.9 Å². The molecule has 0 aliphatic heterocycles. The van der Waals surface area contributed by atoms with Gasteiger partial charge in [-0.25, -0.2) is 0 Å². The third kappa shape index (κ3) is 8.10. The van der Waals surface area contributed by atoms with Gasteiger partial charge in [-0.05, 0) is 45.1 Å². The molecule has 17 heavy (non-hydrogen) atoms. The van der Waals surface area contributed by atoms with Crippen LogP contribution in [0.15, 0.2) is 0 Å². The van der Waals surface area contributed by atoms with Gasteiger partial charge in [-0.1, -0.05) is 32.5 Å². The minimum Gasteiger partial charge on any atom is -0.351 e. The first-order chi connectivity index (χ1) is 7.93. The molecule has 0 aliphatic carbocycles. The lowest BCUT2D eigenvalue weighted by molar-refractivity contribution is 0.703. The van der Waals surface area contributed by atoms with E-state index in [1.54, 1.807) is 0 Å². The Kier molecular flexibility index (Phi) is 9.44. The zero-order valence-electron chi connectivity index (χ0n) is 12.3. The van der Waals surface area contributed by atoms with E-state index in [0.29, 0.717) is 0 Å². The summed E-state index contributed by atoms with van der Waals surface area (Å²) in [7, 11) is 0.525. The fourth-order valence-electron chi connectivity index (χ4n) is 2.13. The molecule has 0 amide bonds. The maximum Gasteiger partial charge on any atom is 0.111 e. The van der Waals surface area contributed by atoms with Gasteiger partial charge < -0.3 is 15.7 Å². The molecule has 0 radical (unpaired) electrons. The molecule has 3 nitrogen and oxygen atoms in total. The quantitative estimate of drug-likeness (QED) is 0.473. The summed E-state index contributed by atoms with van der Waals surface area (Å²) in [6.07, 6.45) is 5.04. The van der Waals surface area contributed by atoms with Crippen LogP contribution >= 0.6 is 0 Å². The van der Waals surface area contributed by atoms with Crippen LogP contribution in [0.5, 0.6) is 0 Å². The molecule has 0 aromatic heterocycles. The van der Waals surface area contributed by atoms with Crippen LogP contribution in [0.1, 0.15) is 25.7 Å². The van der Waals surface area contributed by atoms with Gasteiger partial charge >= 0.3 is 0 Å². The van der Waals surface area contributed by atoms with Crippen LogP contribution in [-0.2, 0) is 0 Å². The van der Waals surface area contributed by atoms with E-state index in [9.17, 15) is 0 Å². The lowest BCUT2D eigenvalue weighted by atomic mass is 10.3. The van der Waals surface area contributed by atoms with Gasteiger partial charge in [0.15, 0.2) is 0 Å². The molecule has 5 heteroatoms. The maximum absolute atomic E-state index is 5.59. The Labute approximate surface area is 111 Å². The van der Waals surface area contributed by atoms with E-state index in [0.717, 1.165) is 13.1 Å². The molecule has 4 N–H and O–H groups in total. The van der Waals surface area contributed by atoms with E-state index >= 15 is 0 Å². The molecule has 0 spiro atoms. The van der Waals surface area contributed by atoms with Gasteiger partial charge in [0, 0.05) is 0 Å². The van der Waals surface area contributed by atoms with Crippen LogP contribution in [-0.4, -0.2) is 41.6 Å². The highest BCUT2D eigenvalue weighted by Crippen LogP contribution is 2.18. The number of nitrogens with two attached hydrogens (primary N) is 2. The zero-order valence-corrected chi connectivity index (χ0v) is 14.5. The van der Waals surface area contributed by atoms with Crippen LogP contribution in [0.25, 0.3) is 0 Å². The lowest BCUT2D eigenvalue weighted by Crippen LogP contribution is -2.51. The summed E-state index contributed by atoms with van der Waals surface area (Å²) in [5, 5.41) is 0. The number of hydrogen-bond acceptors (Lipinski definition) is 3. The van der Waals surface area contributed by atoms with E-state index in [1.807, 2.05) is 0 Å². The number of rotatable bonds is 10. The van der Waals surface area contributed by atoms with E-state index in [4.69, 9.17) is 11.5 Å². The largest absolute Gasteiger partial charge is 0.351 e. The number of nitrogens with zero attached hydrogens (tertiary/aromatic N) is 1. The molecule has 0 saturated carbocycles. The van der Waals surface area contributed by atoms with Crippen molar-refractivity contribution in [1.82, 2.24) is 4.23 Å². The SMILES string of the molecule is CN([SiH](CCCCN)CCCCN)[Si](C)(C)C. The topological polar surface area (TPSA) is 55.3 Å². The highest BCUT2D eigenvalue weighted by Gasteiger charge is 2.27. The Balaban J connectivity index is 4.18. The molecule has 0 heterocycles. The fourth-order valence-corrected chi connectivity index (χ4v) is 9.87. The van der Waals surface area contributed by atoms with E-state index in [1.165, 1.54) is 37.8 Å². The second-order valence-corrected chi connectivity index (χ2v) is 14.8. The highest BCUT2D eigenvalue weighted by atomic mass is 28.4. The Morgan fingerprint density at radius 3 is 1.59 bits per heavy atom. The van der Waals surface area contributed by atoms with Crippen molar-refractivity contribution in [2.45, 2.75) is 57.4 Å². The van der Waals surface area contributed by atoms with Crippen LogP contribution < -0.4 is 11.5 Å². The van der Waals surface area contributed by atoms with E-state index < -0.39 is 17.2 Å². The molecule has 0 aromatic rings. The predicted molar refractivity (Wildman–Crippen MR) is 84.4 cm³/mol. The smallest absolute Gasteiger partial charge is 0.111 e. The zero-order chi connectivity index (χ0) is 13.3. The Morgan fingerprint density at radius 2 is 1.29 bits per heavy atom. The van der Waals surface area contributed by atoms with Crippen LogP contribution in [0.4, 0.5) is 0 Å². The summed E-state index contributed by atoms with van der Waals surface area (Å²) in [6, 6.07) is 2.87. The first kappa shape index (κ1) is 17.3. The van der Waals surface area contributed by atoms with Crippen molar-refractivity contribution in [2.75, 3.05) is 20.1 Å². The average molecular weight is 276 g/mol. The first-order valence-corrected chi connectivity index (χ1v) is 12.7. The number of unbranched alkanes of at least 4 members (excludes halogenated alkanes) is 2. The van der Waals surface area contributed by atoms with Crippen molar-refractivity contribution < 1.29 is 0 Å². The molecule has 0 saturated heterocycles. The summed E-state index contributed by atoms with van der Waals surface area (Å²) >= 11 is 0. The molecular weight excluding hydrogens is 242 g/mol. The monoisotopic (exact) mass is 275 g/mol. The standard InChI is InChI=1S/C12H33N3Si2/c1-15(17(2,3)4)16(11-7-5-9-13)12-8-6-10-14/h16H,5-14H2,1-4H3. The first-order valence-electron chi connectivity index (χ1n) is 7.06. The summed E-state index contributed by atoms with van der Waals surface area (Å²) in [6.45, 7) is 9.07. The predicted octanol–water partition coefficient (Wildman–Crippen LogP) is 1.95. The summed E-state index contributed by atoms with van der Waals surface area (Å²) < 4.78 is 2.79. The van der Waals surface area contributed by atoms with Gasteiger partial charge in [0.25, 0.3) is 0 Å². The molecule has 0 rings (SSSR count). The number of hydrogen-bond donors (Lipinski definition) is 2. The average Bonchev–Trinajstić information content (AvgIpc) is 2.25. The molecule has 0 bridgehead atoms. The van der Waals surface area contributed by atoms with Crippen LogP contribution in [0.3, 0.4) is 0 Å². The Hall–Kier alpha value is 0.314. The fraction of sp³-hybridized carbons (Fsp3) is 1.00. The molecule has 0 fully saturated rings. The Bertz CT molecular complexity index is 173. The van der Waals surface area contributed by atoms with Crippen molar-refractivity contribution in [3.63, 3.8) is 0 Å². The van der Waals surface area contributed by atoms with Crippen LogP contribution in [0.2, 0.25) is 31.7 Å². The highest BCUT2D eigenvalue weighted by molar-refractivity contribution is 6.83. The van der Waals surface area contributed by atoms with Gasteiger partial charge in [-0.15, -0.1) is 0 Å². The second-order valence-electron chi connectivity index (χ2n) is 6.00. The molecule has 0 aromatic carbocycles. The molecule has 0 atom stereocenters. The van der Waals surface area contributed by atoms with Crippen molar-refractivity contribution in [3.05, 3.63) is 0 Å². The summed E-state index contributed by atoms with van der Waals surface area (Å²) in [5.41, 5.74) is 11.2. The molecule has 0 aliphatic rings. The second kappa shape index (κ2) is 9.27. The summed E-state index contributed by atoms with van der Waals surface area (Å²) in [5.74, 6) is 0. The summed E-state index contributed by atoms with van der Waals surface area (Å²) in [4.78, 5) is 0. The van der Waals surface area contributed by atoms with Gasteiger partial charge in [-0.3, -0.25) is 0 Å². The van der Waals surface area contributed by atoms with Gasteiger partial charge in [0.05, 0.1) is 0 Å². The molecular formula is C12H33N3Si2. The third-order valence-electron chi connectivity index (χ3n) is 3.59. The minimum absolute atomic E-state index is 0.732. The van der Waals surface area contributed by atoms with Crippen molar-refractivity contribution in [3.8, 4) is 0 Å². The minimum atomic E-state index is -1.11. The van der Waals surface area contributed by atoms with E-state index in [-0.39, 0.29) is 0 Å². The normalized spacial score (nSPS) is 12.7. The van der Waals surface area contributed by atoms with Gasteiger partial charge in [-0.2, -0.15) is 0 Å². The van der Waals surface area contributed by atoms with Gasteiger partial charge in [0.1, 0.15) is 17.2 Å². The van der Waals surface area contributed by atoms with Crippen LogP contribution in [0, 0.1) is 0 Å². The lowest BCUT2D eigenvalue weighted by Gasteiger charge is -2.37.